The van der Waals surface area contributed by atoms with E-state index in [9.17, 15) is 19.7 Å². The van der Waals surface area contributed by atoms with Gasteiger partial charge in [0.1, 0.15) is 11.7 Å². The molecule has 3 heterocycles. The third-order valence-corrected chi connectivity index (χ3v) is 7.32. The molecule has 1 aromatic carbocycles. The van der Waals surface area contributed by atoms with Crippen LogP contribution in [0.4, 0.5) is 25.8 Å². The zero-order valence-electron chi connectivity index (χ0n) is 21.2. The second kappa shape index (κ2) is 10.8. The molecular weight excluding hydrogens is 566 g/mol. The zero-order chi connectivity index (χ0) is 27.8. The smallest absolute Gasteiger partial charge is 0.294 e. The number of carbonyl (C=O) groups excluding carboxylic acids is 2. The molecule has 4 rings (SSSR count). The summed E-state index contributed by atoms with van der Waals surface area (Å²) in [6.45, 7) is 3.65. The van der Waals surface area contributed by atoms with Crippen LogP contribution in [-0.4, -0.2) is 76.7 Å². The number of nitro groups is 1. The van der Waals surface area contributed by atoms with Gasteiger partial charge < -0.3 is 20.4 Å². The summed E-state index contributed by atoms with van der Waals surface area (Å²) in [5.41, 5.74) is -0.184. The number of anilines is 2. The van der Waals surface area contributed by atoms with E-state index in [-0.39, 0.29) is 33.1 Å². The van der Waals surface area contributed by atoms with Gasteiger partial charge >= 0.3 is 0 Å². The lowest BCUT2D eigenvalue weighted by molar-refractivity contribution is -0.384. The number of rotatable bonds is 6. The van der Waals surface area contributed by atoms with Crippen molar-refractivity contribution in [2.75, 3.05) is 43.9 Å². The van der Waals surface area contributed by atoms with Gasteiger partial charge in [-0.3, -0.25) is 24.7 Å². The van der Waals surface area contributed by atoms with Gasteiger partial charge in [-0.1, -0.05) is 29.8 Å². The maximum absolute atomic E-state index is 15.2. The van der Waals surface area contributed by atoms with Crippen LogP contribution in [0.2, 0.25) is 0 Å². The number of nitrogens with zero attached hydrogens (tertiary/aromatic N) is 4. The van der Waals surface area contributed by atoms with E-state index in [1.54, 1.807) is 11.9 Å². The average Bonchev–Trinajstić information content (AvgIpc) is 3.16. The van der Waals surface area contributed by atoms with Gasteiger partial charge in [-0.2, -0.15) is 0 Å². The first-order valence-electron chi connectivity index (χ1n) is 12.2. The Labute approximate surface area is 227 Å². The topological polar surface area (TPSA) is 121 Å². The van der Waals surface area contributed by atoms with Crippen LogP contribution in [0.3, 0.4) is 0 Å². The quantitative estimate of drug-likeness (QED) is 0.373. The van der Waals surface area contributed by atoms with Crippen LogP contribution in [0.25, 0.3) is 0 Å². The van der Waals surface area contributed by atoms with Gasteiger partial charge in [0, 0.05) is 49.6 Å². The van der Waals surface area contributed by atoms with E-state index in [1.807, 2.05) is 13.8 Å². The fraction of sp³-hybridized carbons (Fsp3) is 0.480. The molecule has 2 amide bonds. The Morgan fingerprint density at radius 2 is 1.79 bits per heavy atom. The lowest BCUT2D eigenvalue weighted by Crippen LogP contribution is -2.43. The molecule has 38 heavy (non-hydrogen) atoms. The number of nitrogens with one attached hydrogen (secondary N) is 2. The van der Waals surface area contributed by atoms with E-state index in [1.165, 1.54) is 30.6 Å². The van der Waals surface area contributed by atoms with Crippen LogP contribution in [0.5, 0.6) is 0 Å². The molecule has 2 aliphatic heterocycles. The Bertz CT molecular complexity index is 1250. The van der Waals surface area contributed by atoms with Crippen molar-refractivity contribution < 1.29 is 23.3 Å². The number of amides is 2. The molecule has 2 aliphatic rings. The summed E-state index contributed by atoms with van der Waals surface area (Å²) in [7, 11) is 1.64. The number of aromatic nitrogens is 1. The Morgan fingerprint density at radius 3 is 2.42 bits per heavy atom. The van der Waals surface area contributed by atoms with E-state index in [0.29, 0.717) is 18.8 Å². The minimum Gasteiger partial charge on any atom is -0.387 e. The van der Waals surface area contributed by atoms with Crippen LogP contribution in [-0.2, 0) is 0 Å². The van der Waals surface area contributed by atoms with Crippen LogP contribution in [0, 0.1) is 22.0 Å². The number of piperidine rings is 1. The summed E-state index contributed by atoms with van der Waals surface area (Å²) >= 11 is 3.22. The van der Waals surface area contributed by atoms with E-state index < -0.39 is 47.5 Å². The predicted octanol–water partition coefficient (Wildman–Crippen LogP) is 4.48. The van der Waals surface area contributed by atoms with Crippen molar-refractivity contribution in [3.8, 4) is 0 Å². The molecule has 10 nitrogen and oxygen atoms in total. The zero-order valence-corrected chi connectivity index (χ0v) is 22.8. The van der Waals surface area contributed by atoms with Gasteiger partial charge in [0.2, 0.25) is 0 Å². The Balaban J connectivity index is 1.66. The first-order valence-corrected chi connectivity index (χ1v) is 13.0. The number of benzene rings is 1. The van der Waals surface area contributed by atoms with Crippen LogP contribution in [0.15, 0.2) is 35.1 Å². The largest absolute Gasteiger partial charge is 0.387 e. The molecule has 0 spiro atoms. The van der Waals surface area contributed by atoms with E-state index in [0.717, 1.165) is 11.3 Å². The van der Waals surface area contributed by atoms with Crippen molar-refractivity contribution in [2.24, 2.45) is 11.8 Å². The Kier molecular flexibility index (Phi) is 7.86. The monoisotopic (exact) mass is 594 g/mol. The highest BCUT2D eigenvalue weighted by molar-refractivity contribution is 9.10. The molecule has 0 bridgehead atoms. The van der Waals surface area contributed by atoms with Crippen LogP contribution < -0.4 is 10.6 Å². The molecule has 3 atom stereocenters. The molecule has 0 saturated carbocycles. The fourth-order valence-corrected chi connectivity index (χ4v) is 5.64. The van der Waals surface area contributed by atoms with Crippen molar-refractivity contribution in [1.29, 1.82) is 0 Å². The average molecular weight is 595 g/mol. The second-order valence-electron chi connectivity index (χ2n) is 10.1. The number of hydrogen-bond donors (Lipinski definition) is 2. The maximum atomic E-state index is 15.2. The van der Waals surface area contributed by atoms with Crippen molar-refractivity contribution >= 4 is 44.8 Å². The summed E-state index contributed by atoms with van der Waals surface area (Å²) in [4.78, 5) is 44.3. The predicted molar refractivity (Wildman–Crippen MR) is 142 cm³/mol. The van der Waals surface area contributed by atoms with Gasteiger partial charge in [0.15, 0.2) is 0 Å². The van der Waals surface area contributed by atoms with Crippen molar-refractivity contribution in [3.63, 3.8) is 0 Å². The summed E-state index contributed by atoms with van der Waals surface area (Å²) in [6.07, 6.45) is 3.73. The highest BCUT2D eigenvalue weighted by Crippen LogP contribution is 2.38. The van der Waals surface area contributed by atoms with E-state index >= 15 is 8.78 Å². The third-order valence-electron chi connectivity index (χ3n) is 6.86. The number of hydrogen-bond acceptors (Lipinski definition) is 7. The molecule has 0 aliphatic carbocycles. The summed E-state index contributed by atoms with van der Waals surface area (Å²) in [6, 6.07) is 2.43. The van der Waals surface area contributed by atoms with Gasteiger partial charge in [-0.05, 0) is 30.4 Å². The Hall–Kier alpha value is -3.35. The minimum atomic E-state index is -3.42. The summed E-state index contributed by atoms with van der Waals surface area (Å²) in [5.74, 6) is -4.07. The molecule has 0 unspecified atom stereocenters. The molecule has 2 saturated heterocycles. The van der Waals surface area contributed by atoms with Crippen LogP contribution in [0.1, 0.15) is 41.0 Å². The van der Waals surface area contributed by atoms with Gasteiger partial charge in [0.25, 0.3) is 23.4 Å². The number of nitro benzene ring substituents is 1. The van der Waals surface area contributed by atoms with Crippen molar-refractivity contribution in [1.82, 2.24) is 14.8 Å². The molecule has 1 aromatic heterocycles. The van der Waals surface area contributed by atoms with Gasteiger partial charge in [-0.15, -0.1) is 0 Å². The second-order valence-corrected chi connectivity index (χ2v) is 11.0. The van der Waals surface area contributed by atoms with E-state index in [4.69, 9.17) is 0 Å². The fourth-order valence-electron chi connectivity index (χ4n) is 5.20. The third kappa shape index (κ3) is 5.71. The number of alkyl halides is 2. The number of pyridine rings is 1. The number of likely N-dealkylation sites (tertiary alicyclic amines) is 2. The minimum absolute atomic E-state index is 0.0705. The molecule has 2 fully saturated rings. The highest BCUT2D eigenvalue weighted by atomic mass is 79.9. The first kappa shape index (κ1) is 27.7. The van der Waals surface area contributed by atoms with Crippen molar-refractivity contribution in [2.45, 2.75) is 32.2 Å². The van der Waals surface area contributed by atoms with Gasteiger partial charge in [0.05, 0.1) is 28.3 Å². The maximum Gasteiger partial charge on any atom is 0.294 e. The molecule has 2 aromatic rings. The normalized spacial score (nSPS) is 22.7. The molecule has 0 radical (unpaired) electrons. The lowest BCUT2D eigenvalue weighted by atomic mass is 9.91. The van der Waals surface area contributed by atoms with Gasteiger partial charge in [-0.25, -0.2) is 8.78 Å². The Morgan fingerprint density at radius 1 is 1.11 bits per heavy atom. The summed E-state index contributed by atoms with van der Waals surface area (Å²) < 4.78 is 30.7. The highest BCUT2D eigenvalue weighted by Gasteiger charge is 2.51. The van der Waals surface area contributed by atoms with Crippen LogP contribution >= 0.6 is 15.9 Å². The molecule has 204 valence electrons. The summed E-state index contributed by atoms with van der Waals surface area (Å²) in [5, 5.41) is 17.4. The number of carbonyl (C=O) groups is 2. The lowest BCUT2D eigenvalue weighted by Gasteiger charge is -2.35. The number of halogens is 3. The molecule has 2 N–H and O–H groups in total. The molecular formula is C25H29BrF2N6O4. The van der Waals surface area contributed by atoms with Crippen molar-refractivity contribution in [3.05, 3.63) is 56.3 Å². The SMILES string of the molecule is CNc1cncc(C(=O)N2C[C@H](Nc3c(C(=O)N4C[C@H](C)C[C@H](C)C4)cc(Br)cc3[N+](=O)[O-])C(F)(F)C2)c1. The first-order chi connectivity index (χ1) is 17.9. The molecule has 13 heteroatoms. The standard InChI is InChI=1S/C25H29BrF2N6O4/c1-14-4-15(2)11-32(10-14)24(36)19-6-17(26)7-20(34(37)38)22(19)31-21-12-33(13-25(21,27)28)23(35)16-5-18(29-3)9-30-8-16/h5-9,14-15,21,29,31H,4,10-13H2,1-3H3/t14-,15+,21-/m0/s1. The van der Waals surface area contributed by atoms with E-state index in [2.05, 4.69) is 31.5 Å².